The minimum absolute atomic E-state index is 0.0685. The fourth-order valence-corrected chi connectivity index (χ4v) is 3.39. The molecule has 3 rings (SSSR count). The Balaban J connectivity index is 1.53. The summed E-state index contributed by atoms with van der Waals surface area (Å²) in [6.45, 7) is 0.729. The van der Waals surface area contributed by atoms with Crippen molar-refractivity contribution in [1.29, 1.82) is 0 Å². The van der Waals surface area contributed by atoms with Crippen LogP contribution in [0, 0.1) is 5.41 Å². The number of hydrogen-bond donors (Lipinski definition) is 2. The van der Waals surface area contributed by atoms with Gasteiger partial charge in [0.15, 0.2) is 0 Å². The molecular weight excluding hydrogens is 298 g/mol. The molecule has 0 heterocycles. The van der Waals surface area contributed by atoms with Gasteiger partial charge in [-0.15, -0.1) is 0 Å². The maximum absolute atomic E-state index is 12.7. The third-order valence-corrected chi connectivity index (χ3v) is 5.08. The molecule has 1 saturated carbocycles. The molecule has 0 radical (unpaired) electrons. The van der Waals surface area contributed by atoms with Crippen LogP contribution >= 0.6 is 0 Å². The normalized spacial score (nSPS) is 15.5. The van der Waals surface area contributed by atoms with Gasteiger partial charge < -0.3 is 10.4 Å². The highest BCUT2D eigenvalue weighted by Crippen LogP contribution is 2.43. The largest absolute Gasteiger partial charge is 0.392 e. The number of rotatable bonds is 7. The molecule has 2 aromatic carbocycles. The molecule has 0 unspecified atom stereocenters. The lowest BCUT2D eigenvalue weighted by molar-refractivity contribution is -0.135. The van der Waals surface area contributed by atoms with E-state index in [1.165, 1.54) is 11.1 Å². The number of nitrogens with one attached hydrogen (secondary N) is 1. The van der Waals surface area contributed by atoms with Gasteiger partial charge in [0.1, 0.15) is 0 Å². The number of aliphatic hydroxyl groups excluding tert-OH is 1. The Labute approximate surface area is 143 Å². The van der Waals surface area contributed by atoms with Crippen LogP contribution < -0.4 is 5.32 Å². The average molecular weight is 323 g/mol. The second-order valence-corrected chi connectivity index (χ2v) is 6.78. The van der Waals surface area contributed by atoms with Crippen LogP contribution in [0.3, 0.4) is 0 Å². The Hall–Kier alpha value is -2.13. The van der Waals surface area contributed by atoms with E-state index in [1.807, 2.05) is 42.5 Å². The van der Waals surface area contributed by atoms with Gasteiger partial charge in [-0.25, -0.2) is 0 Å². The Morgan fingerprint density at radius 3 is 2.21 bits per heavy atom. The number of benzene rings is 2. The Kier molecular flexibility index (Phi) is 5.31. The molecule has 24 heavy (non-hydrogen) atoms. The van der Waals surface area contributed by atoms with Crippen molar-refractivity contribution in [3.8, 4) is 0 Å². The summed E-state index contributed by atoms with van der Waals surface area (Å²) in [5.74, 6) is 0.199. The van der Waals surface area contributed by atoms with Crippen LogP contribution in [0.15, 0.2) is 54.6 Å². The third-order valence-electron chi connectivity index (χ3n) is 5.08. The highest BCUT2D eigenvalue weighted by Gasteiger charge is 2.43. The summed E-state index contributed by atoms with van der Waals surface area (Å²) in [7, 11) is 0. The average Bonchev–Trinajstić information content (AvgIpc) is 2.59. The molecule has 1 aliphatic rings. The number of carbonyl (C=O) groups excluding carboxylic acids is 1. The molecule has 126 valence electrons. The van der Waals surface area contributed by atoms with Crippen molar-refractivity contribution < 1.29 is 9.90 Å². The quantitative estimate of drug-likeness (QED) is 0.822. The molecule has 0 bridgehead atoms. The van der Waals surface area contributed by atoms with Crippen molar-refractivity contribution in [3.63, 3.8) is 0 Å². The van der Waals surface area contributed by atoms with E-state index in [0.29, 0.717) is 6.54 Å². The molecular formula is C21H25NO2. The molecule has 1 fully saturated rings. The second-order valence-electron chi connectivity index (χ2n) is 6.78. The van der Waals surface area contributed by atoms with E-state index >= 15 is 0 Å². The predicted molar refractivity (Wildman–Crippen MR) is 95.5 cm³/mol. The van der Waals surface area contributed by atoms with Gasteiger partial charge in [-0.1, -0.05) is 61.0 Å². The fraction of sp³-hybridized carbons (Fsp3) is 0.381. The van der Waals surface area contributed by atoms with Gasteiger partial charge in [0, 0.05) is 6.54 Å². The first-order valence-electron chi connectivity index (χ1n) is 8.73. The molecule has 0 aliphatic heterocycles. The summed E-state index contributed by atoms with van der Waals surface area (Å²) < 4.78 is 0. The summed E-state index contributed by atoms with van der Waals surface area (Å²) in [5, 5.41) is 12.2. The SMILES string of the molecule is O=C(NCCc1ccc(CO)cc1)C1(Cc2ccccc2)CCC1. The maximum atomic E-state index is 12.7. The molecule has 1 aliphatic carbocycles. The standard InChI is InChI=1S/C21H25NO2/c23-16-19-9-7-17(8-10-19)11-14-22-20(24)21(12-4-13-21)15-18-5-2-1-3-6-18/h1-3,5-10,23H,4,11-16H2,(H,22,24). The van der Waals surface area contributed by atoms with E-state index in [9.17, 15) is 4.79 Å². The first kappa shape index (κ1) is 16.7. The summed E-state index contributed by atoms with van der Waals surface area (Å²) in [4.78, 5) is 12.7. The molecule has 3 nitrogen and oxygen atoms in total. The van der Waals surface area contributed by atoms with Crippen LogP contribution in [0.4, 0.5) is 0 Å². The van der Waals surface area contributed by atoms with Crippen LogP contribution in [0.2, 0.25) is 0 Å². The van der Waals surface area contributed by atoms with Gasteiger partial charge in [0.2, 0.25) is 5.91 Å². The van der Waals surface area contributed by atoms with Crippen molar-refractivity contribution in [1.82, 2.24) is 5.32 Å². The third kappa shape index (κ3) is 3.85. The lowest BCUT2D eigenvalue weighted by Crippen LogP contribution is -2.47. The predicted octanol–water partition coefficient (Wildman–Crippen LogP) is 3.25. The zero-order valence-corrected chi connectivity index (χ0v) is 14.0. The van der Waals surface area contributed by atoms with E-state index in [4.69, 9.17) is 5.11 Å². The van der Waals surface area contributed by atoms with E-state index < -0.39 is 0 Å². The van der Waals surface area contributed by atoms with Crippen molar-refractivity contribution in [3.05, 3.63) is 71.3 Å². The second kappa shape index (κ2) is 7.63. The summed E-state index contributed by atoms with van der Waals surface area (Å²) in [6.07, 6.45) is 4.77. The monoisotopic (exact) mass is 323 g/mol. The van der Waals surface area contributed by atoms with E-state index in [2.05, 4.69) is 17.4 Å². The lowest BCUT2D eigenvalue weighted by Gasteiger charge is -2.40. The van der Waals surface area contributed by atoms with Crippen LogP contribution in [-0.4, -0.2) is 17.6 Å². The van der Waals surface area contributed by atoms with Crippen LogP contribution in [0.1, 0.15) is 36.0 Å². The minimum Gasteiger partial charge on any atom is -0.392 e. The fourth-order valence-electron chi connectivity index (χ4n) is 3.39. The van der Waals surface area contributed by atoms with Gasteiger partial charge in [0.05, 0.1) is 12.0 Å². The molecule has 0 spiro atoms. The van der Waals surface area contributed by atoms with Gasteiger partial charge in [-0.05, 0) is 42.4 Å². The van der Waals surface area contributed by atoms with E-state index in [0.717, 1.165) is 37.7 Å². The van der Waals surface area contributed by atoms with E-state index in [-0.39, 0.29) is 17.9 Å². The minimum atomic E-state index is -0.206. The van der Waals surface area contributed by atoms with Gasteiger partial charge in [-0.3, -0.25) is 4.79 Å². The number of aliphatic hydroxyl groups is 1. The molecule has 1 amide bonds. The van der Waals surface area contributed by atoms with E-state index in [1.54, 1.807) is 0 Å². The van der Waals surface area contributed by atoms with Crippen LogP contribution in [-0.2, 0) is 24.2 Å². The Bertz CT molecular complexity index is 660. The first-order chi connectivity index (χ1) is 11.7. The zero-order valence-electron chi connectivity index (χ0n) is 14.0. The summed E-state index contributed by atoms with van der Waals surface area (Å²) >= 11 is 0. The van der Waals surface area contributed by atoms with Gasteiger partial charge in [-0.2, -0.15) is 0 Å². The Morgan fingerprint density at radius 1 is 0.958 bits per heavy atom. The van der Waals surface area contributed by atoms with Crippen molar-refractivity contribution >= 4 is 5.91 Å². The van der Waals surface area contributed by atoms with Crippen molar-refractivity contribution in [2.75, 3.05) is 6.54 Å². The molecule has 3 heteroatoms. The van der Waals surface area contributed by atoms with Crippen LogP contribution in [0.5, 0.6) is 0 Å². The first-order valence-corrected chi connectivity index (χ1v) is 8.73. The highest BCUT2D eigenvalue weighted by atomic mass is 16.3. The number of carbonyl (C=O) groups is 1. The molecule has 2 N–H and O–H groups in total. The van der Waals surface area contributed by atoms with Gasteiger partial charge in [0.25, 0.3) is 0 Å². The smallest absolute Gasteiger partial charge is 0.226 e. The Morgan fingerprint density at radius 2 is 1.62 bits per heavy atom. The summed E-state index contributed by atoms with van der Waals surface area (Å²) in [5.41, 5.74) is 3.13. The van der Waals surface area contributed by atoms with Gasteiger partial charge >= 0.3 is 0 Å². The zero-order chi connectivity index (χ0) is 16.8. The number of amides is 1. The lowest BCUT2D eigenvalue weighted by atomic mass is 9.64. The topological polar surface area (TPSA) is 49.3 Å². The molecule has 2 aromatic rings. The molecule has 0 saturated heterocycles. The van der Waals surface area contributed by atoms with Crippen molar-refractivity contribution in [2.24, 2.45) is 5.41 Å². The van der Waals surface area contributed by atoms with Crippen LogP contribution in [0.25, 0.3) is 0 Å². The molecule has 0 aromatic heterocycles. The highest BCUT2D eigenvalue weighted by molar-refractivity contribution is 5.83. The molecule has 0 atom stereocenters. The maximum Gasteiger partial charge on any atom is 0.226 e. The number of hydrogen-bond acceptors (Lipinski definition) is 2. The summed E-state index contributed by atoms with van der Waals surface area (Å²) in [6, 6.07) is 18.2. The van der Waals surface area contributed by atoms with Crippen molar-refractivity contribution in [2.45, 2.75) is 38.7 Å².